The summed E-state index contributed by atoms with van der Waals surface area (Å²) in [5, 5.41) is 3.51. The monoisotopic (exact) mass is 1850 g/mol. The molecule has 0 bridgehead atoms. The van der Waals surface area contributed by atoms with Gasteiger partial charge in [-0.3, -0.25) is 77.0 Å². The van der Waals surface area contributed by atoms with Crippen LogP contribution in [0.1, 0.15) is 5.56 Å². The molecular formula is C96H92Cl2N20O16. The molecule has 0 unspecified atom stereocenters. The third-order valence-corrected chi connectivity index (χ3v) is 21.4. The highest BCUT2D eigenvalue weighted by molar-refractivity contribution is 6.39. The minimum Gasteiger partial charge on any atom is -0.497 e. The van der Waals surface area contributed by atoms with Crippen LogP contribution in [0.2, 0.25) is 10.0 Å². The van der Waals surface area contributed by atoms with Gasteiger partial charge < -0.3 is 37.9 Å². The van der Waals surface area contributed by atoms with E-state index in [1.54, 1.807) is 201 Å². The Kier molecular flexibility index (Phi) is 31.7. The average Bonchev–Trinajstić information content (AvgIpc) is 0.777. The topological polar surface area (TPSA) is 385 Å². The zero-order valence-corrected chi connectivity index (χ0v) is 77.5. The predicted molar refractivity (Wildman–Crippen MR) is 517 cm³/mol. The number of methoxy groups -OCH3 is 8. The molecule has 14 aromatic rings. The van der Waals surface area contributed by atoms with Gasteiger partial charge in [0.2, 0.25) is 29.7 Å². The molecule has 0 aliphatic carbocycles. The maximum Gasteiger partial charge on any atom is 0.330 e. The fraction of sp³-hybridized carbons (Fsp3) is 0.177. The minimum atomic E-state index is -0.364. The van der Waals surface area contributed by atoms with E-state index < -0.39 is 0 Å². The Labute approximate surface area is 779 Å². The first kappa shape index (κ1) is 97.7. The number of fused-ring (bicyclic) bond motifs is 5. The molecule has 36 nitrogen and oxygen atoms in total. The van der Waals surface area contributed by atoms with Crippen molar-refractivity contribution in [3.05, 3.63) is 264 Å². The number of hydrogen-bond donors (Lipinski definition) is 0. The first-order valence-electron chi connectivity index (χ1n) is 40.2. The third kappa shape index (κ3) is 21.8. The lowest BCUT2D eigenvalue weighted by molar-refractivity contribution is -0.114. The normalized spacial score (nSPS) is 11.1. The molecule has 1 aliphatic rings. The zero-order valence-electron chi connectivity index (χ0n) is 76.0. The Hall–Kier alpha value is -16.9. The second kappa shape index (κ2) is 43.5. The fourth-order valence-electron chi connectivity index (χ4n) is 13.2. The van der Waals surface area contributed by atoms with Crippen LogP contribution in [0.5, 0.6) is 46.0 Å². The second-order valence-electron chi connectivity index (χ2n) is 28.9. The van der Waals surface area contributed by atoms with Crippen LogP contribution in [0.15, 0.2) is 237 Å². The highest BCUT2D eigenvalue weighted by Crippen LogP contribution is 2.40. The van der Waals surface area contributed by atoms with E-state index in [1.165, 1.54) is 90.3 Å². The van der Waals surface area contributed by atoms with Gasteiger partial charge in [0.1, 0.15) is 68.7 Å². The van der Waals surface area contributed by atoms with Gasteiger partial charge >= 0.3 is 6.03 Å². The molecule has 7 aromatic heterocycles. The van der Waals surface area contributed by atoms with Crippen molar-refractivity contribution >= 4 is 144 Å². The van der Waals surface area contributed by atoms with E-state index in [1.807, 2.05) is 54.6 Å². The number of hydrogen-bond acceptors (Lipinski definition) is 27. The van der Waals surface area contributed by atoms with E-state index >= 15 is 0 Å². The van der Waals surface area contributed by atoms with Gasteiger partial charge in [0.15, 0.2) is 5.65 Å². The quantitative estimate of drug-likeness (QED) is 0.0537. The van der Waals surface area contributed by atoms with Crippen molar-refractivity contribution in [2.75, 3.05) is 133 Å². The summed E-state index contributed by atoms with van der Waals surface area (Å²) in [6, 6.07) is 39.6. The van der Waals surface area contributed by atoms with Crippen LogP contribution in [0.25, 0.3) is 88.6 Å². The highest BCUT2D eigenvalue weighted by Gasteiger charge is 2.33. The van der Waals surface area contributed by atoms with Gasteiger partial charge in [0.05, 0.1) is 86.3 Å². The highest BCUT2D eigenvalue weighted by atomic mass is 35.5. The van der Waals surface area contributed by atoms with Crippen LogP contribution < -0.4 is 83.3 Å². The summed E-state index contributed by atoms with van der Waals surface area (Å²) in [4.78, 5) is 155. The van der Waals surface area contributed by atoms with E-state index in [4.69, 9.17) is 61.1 Å². The number of urea groups is 1. The molecule has 0 radical (unpaired) electrons. The Morgan fingerprint density at radius 1 is 0.366 bits per heavy atom. The van der Waals surface area contributed by atoms with Crippen molar-refractivity contribution in [2.24, 2.45) is 14.1 Å². The van der Waals surface area contributed by atoms with Crippen molar-refractivity contribution in [2.45, 2.75) is 6.54 Å². The summed E-state index contributed by atoms with van der Waals surface area (Å²) in [7, 11) is 25.1. The summed E-state index contributed by atoms with van der Waals surface area (Å²) in [6.07, 6.45) is 14.0. The van der Waals surface area contributed by atoms with Crippen molar-refractivity contribution < 1.29 is 66.7 Å². The summed E-state index contributed by atoms with van der Waals surface area (Å²) in [5.74, 6) is 4.86. The van der Waals surface area contributed by atoms with Gasteiger partial charge in [-0.1, -0.05) is 74.3 Å². The molecule has 134 heavy (non-hydrogen) atoms. The van der Waals surface area contributed by atoms with Crippen molar-refractivity contribution in [3.8, 4) is 90.6 Å². The van der Waals surface area contributed by atoms with Crippen LogP contribution in [0.3, 0.4) is 0 Å². The van der Waals surface area contributed by atoms with Crippen LogP contribution in [0, 0.1) is 0 Å². The second-order valence-corrected chi connectivity index (χ2v) is 29.7. The lowest BCUT2D eigenvalue weighted by Gasteiger charge is -2.34. The number of nitrogens with zero attached hydrogens (tertiary/aromatic N) is 20. The number of likely N-dealkylation sites (N-methyl/N-ethyl adjacent to an activating group) is 5. The molecule has 8 heterocycles. The van der Waals surface area contributed by atoms with Gasteiger partial charge in [0.25, 0.3) is 40.7 Å². The third-order valence-electron chi connectivity index (χ3n) is 20.8. The van der Waals surface area contributed by atoms with Gasteiger partial charge in [-0.25, -0.2) is 44.7 Å². The number of amides is 7. The molecule has 0 atom stereocenters. The molecular weight excluding hydrogens is 1760 g/mol. The number of halogens is 2. The van der Waals surface area contributed by atoms with Gasteiger partial charge in [-0.05, 0) is 131 Å². The lowest BCUT2D eigenvalue weighted by Crippen LogP contribution is -2.46. The standard InChI is InChI=1S/C20H20N4O4.C20H19N3O3.C19H21N5O4.C19H19N5O4.C18H13Cl2N3O/c1-6-17(25)23(2)20-21-11-13-9-16(19(26)24(3)18(13)22-20)12-7-14(27-4)10-15(8-12)28-5;1-5-19(24)23(2)20-21-12-15-8-13(6-7-18(15)22-20)14-9-16(25-3)11-17(10-14)26-4;1-6-16(25)22(2)18-20-10-12-11-24(19(26)23(3)17(12)21-18)13-7-14(27-4)9-15(8-13)28-5;1-6-15(25)23(2)19-20-10-14-17(22-19)24(3)18(26)16(21-14)11-7-12(27-4)9-13(8-11)28-5;1-3-16(24)23(2)18-21-10-12-9-11(7-8-15(12)22-18)17-13(19)5-4-6-14(17)20/h6-11H,1H2,2-5H3;5-12H,1H2,2-4H3;6-10H,1,11H2,2-5H3;6-10H,1H2,2-5H3;3-10H,1H2,2H3. The van der Waals surface area contributed by atoms with Crippen molar-refractivity contribution in [3.63, 3.8) is 0 Å². The maximum atomic E-state index is 13.0. The van der Waals surface area contributed by atoms with E-state index in [0.717, 1.165) is 67.2 Å². The predicted octanol–water partition coefficient (Wildman–Crippen LogP) is 14.2. The number of pyridine rings is 1. The summed E-state index contributed by atoms with van der Waals surface area (Å²) in [6.45, 7) is 17.6. The lowest BCUT2D eigenvalue weighted by atomic mass is 10.0. The number of ether oxygens (including phenoxy) is 8. The summed E-state index contributed by atoms with van der Waals surface area (Å²) < 4.78 is 45.1. The number of benzene rings is 7. The number of aromatic nitrogens is 13. The molecule has 686 valence electrons. The average molecular weight is 1850 g/mol. The molecule has 0 spiro atoms. The molecule has 38 heteroatoms. The van der Waals surface area contributed by atoms with Crippen molar-refractivity contribution in [1.29, 1.82) is 0 Å². The molecule has 1 aliphatic heterocycles. The summed E-state index contributed by atoms with van der Waals surface area (Å²) in [5.41, 5.74) is 8.82. The van der Waals surface area contributed by atoms with Gasteiger partial charge in [-0.2, -0.15) is 15.0 Å². The molecule has 0 N–H and O–H groups in total. The maximum absolute atomic E-state index is 13.0. The van der Waals surface area contributed by atoms with Gasteiger partial charge in [0, 0.05) is 166 Å². The van der Waals surface area contributed by atoms with Crippen LogP contribution in [-0.2, 0) is 44.6 Å². The molecule has 7 amide bonds. The number of carbonyl (C=O) groups is 6. The molecule has 15 rings (SSSR count). The van der Waals surface area contributed by atoms with E-state index in [0.29, 0.717) is 107 Å². The molecule has 0 fully saturated rings. The zero-order chi connectivity index (χ0) is 97.2. The van der Waals surface area contributed by atoms with Crippen LogP contribution in [0.4, 0.5) is 46.0 Å². The summed E-state index contributed by atoms with van der Waals surface area (Å²) >= 11 is 12.5. The number of carbonyl (C=O) groups excluding carboxylic acids is 6. The smallest absolute Gasteiger partial charge is 0.330 e. The van der Waals surface area contributed by atoms with Crippen molar-refractivity contribution in [1.82, 2.24) is 64.0 Å². The Balaban J connectivity index is 0.000000161. The van der Waals surface area contributed by atoms with Gasteiger partial charge in [-0.15, -0.1) is 0 Å². The van der Waals surface area contributed by atoms with E-state index in [9.17, 15) is 38.4 Å². The number of rotatable bonds is 23. The number of anilines is 7. The van der Waals surface area contributed by atoms with E-state index in [-0.39, 0.29) is 76.8 Å². The first-order chi connectivity index (χ1) is 64.2. The van der Waals surface area contributed by atoms with Crippen LogP contribution >= 0.6 is 23.2 Å². The molecule has 0 saturated carbocycles. The first-order valence-corrected chi connectivity index (χ1v) is 40.9. The van der Waals surface area contributed by atoms with Crippen LogP contribution in [-0.4, -0.2) is 199 Å². The minimum absolute atomic E-state index is 0.144. The Morgan fingerprint density at radius 2 is 0.724 bits per heavy atom. The molecule has 7 aromatic carbocycles. The Morgan fingerprint density at radius 3 is 1.16 bits per heavy atom. The Bertz CT molecular complexity index is 6810. The SMILES string of the molecule is C=CC(=O)N(C)c1ncc2c(n1)N(C)C(=O)N(c1cc(OC)cc(OC)c1)C2.C=CC(=O)N(C)c1ncc2cc(-c3c(Cl)cccc3Cl)ccc2n1.C=CC(=O)N(C)c1ncc2cc(-c3cc(OC)cc(OC)c3)c(=O)n(C)c2n1.C=CC(=O)N(C)c1ncc2cc(-c3cc(OC)cc(OC)c3)ccc2n1.C=CC(=O)N(C)c1ncc2nc(-c3cc(OC)cc(OC)c3)c(=O)n(C)c2n1. The number of aryl methyl sites for hydroxylation is 2. The van der Waals surface area contributed by atoms with E-state index in [2.05, 4.69) is 87.7 Å². The fourth-order valence-corrected chi connectivity index (χ4v) is 13.8. The largest absolute Gasteiger partial charge is 0.497 e. The molecule has 0 saturated heterocycles.